The first-order chi connectivity index (χ1) is 4.42. The summed E-state index contributed by atoms with van der Waals surface area (Å²) >= 11 is 0. The Morgan fingerprint density at radius 2 is 1.33 bits per heavy atom. The maximum Gasteiger partial charge on any atom is 0.196 e. The largest absolute Gasteiger partial charge is 0.196 e. The van der Waals surface area contributed by atoms with E-state index in [2.05, 4.69) is 10.2 Å². The van der Waals surface area contributed by atoms with E-state index in [1.54, 1.807) is 0 Å². The van der Waals surface area contributed by atoms with E-state index < -0.39 is 0 Å². The number of nitrogens with zero attached hydrogens (tertiary/aromatic N) is 2. The van der Waals surface area contributed by atoms with E-state index in [9.17, 15) is 0 Å². The summed E-state index contributed by atoms with van der Waals surface area (Å²) in [6.07, 6.45) is 5.57. The lowest BCUT2D eigenvalue weighted by molar-refractivity contribution is 0.462. The number of hydrogen-bond acceptors (Lipinski definition) is 2. The van der Waals surface area contributed by atoms with Crippen molar-refractivity contribution in [1.29, 1.82) is 0 Å². The van der Waals surface area contributed by atoms with E-state index in [0.29, 0.717) is 0 Å². The second-order valence-corrected chi connectivity index (χ2v) is 3.53. The van der Waals surface area contributed by atoms with Crippen molar-refractivity contribution in [3.8, 4) is 0 Å². The van der Waals surface area contributed by atoms with Crippen LogP contribution in [0.2, 0.25) is 0 Å². The second kappa shape index (κ2) is 1.07. The van der Waals surface area contributed by atoms with Gasteiger partial charge < -0.3 is 0 Å². The normalized spacial score (nSPS) is 36.9. The van der Waals surface area contributed by atoms with Crippen molar-refractivity contribution in [3.05, 3.63) is 0 Å². The van der Waals surface area contributed by atoms with Gasteiger partial charge in [0.1, 0.15) is 0 Å². The lowest BCUT2D eigenvalue weighted by Gasteiger charge is -2.03. The van der Waals surface area contributed by atoms with Crippen molar-refractivity contribution < 1.29 is 0 Å². The van der Waals surface area contributed by atoms with Crippen LogP contribution >= 0.6 is 0 Å². The highest BCUT2D eigenvalue weighted by Gasteiger charge is 2.61. The summed E-state index contributed by atoms with van der Waals surface area (Å²) in [7, 11) is 0. The highest BCUT2D eigenvalue weighted by Crippen LogP contribution is 2.60. The Kier molecular flexibility index (Phi) is 0.525. The molecule has 2 aliphatic carbocycles. The molecule has 9 heavy (non-hydrogen) atoms. The Morgan fingerprint density at radius 1 is 0.889 bits per heavy atom. The Balaban J connectivity index is 1.83. The van der Waals surface area contributed by atoms with Gasteiger partial charge in [-0.1, -0.05) is 0 Å². The summed E-state index contributed by atoms with van der Waals surface area (Å²) in [6.45, 7) is 0. The highest BCUT2D eigenvalue weighted by molar-refractivity contribution is 5.12. The molecule has 0 bridgehead atoms. The molecule has 0 aromatic rings. The number of rotatable bonds is 2. The predicted molar refractivity (Wildman–Crippen MR) is 33.0 cm³/mol. The minimum Gasteiger partial charge on any atom is -0.158 e. The van der Waals surface area contributed by atoms with Crippen LogP contribution in [0.1, 0.15) is 25.7 Å². The Hall–Kier alpha value is -0.400. The first-order valence-corrected chi connectivity index (χ1v) is 3.86. The molecule has 0 spiro atoms. The van der Waals surface area contributed by atoms with Crippen molar-refractivity contribution in [3.63, 3.8) is 0 Å². The first-order valence-electron chi connectivity index (χ1n) is 3.86. The standard InChI is InChI=1S/C7H10N2/c1-2-5(1)7(8-9-7)6-3-4-6/h5-6H,1-4H2. The summed E-state index contributed by atoms with van der Waals surface area (Å²) in [6, 6.07) is 0. The van der Waals surface area contributed by atoms with Gasteiger partial charge in [-0.2, -0.15) is 10.2 Å². The lowest BCUT2D eigenvalue weighted by atomic mass is 10.0. The fourth-order valence-electron chi connectivity index (χ4n) is 1.73. The van der Waals surface area contributed by atoms with Gasteiger partial charge in [0, 0.05) is 11.8 Å². The minimum absolute atomic E-state index is 0.222. The molecule has 0 unspecified atom stereocenters. The summed E-state index contributed by atoms with van der Waals surface area (Å²) in [5, 5.41) is 8.37. The van der Waals surface area contributed by atoms with E-state index >= 15 is 0 Å². The number of hydrogen-bond donors (Lipinski definition) is 0. The average molecular weight is 122 g/mol. The van der Waals surface area contributed by atoms with Crippen LogP contribution in [-0.4, -0.2) is 5.66 Å². The van der Waals surface area contributed by atoms with Gasteiger partial charge >= 0.3 is 0 Å². The van der Waals surface area contributed by atoms with Crippen LogP contribution in [0.15, 0.2) is 10.2 Å². The molecule has 1 heterocycles. The van der Waals surface area contributed by atoms with Crippen molar-refractivity contribution in [2.45, 2.75) is 31.3 Å². The third-order valence-electron chi connectivity index (χ3n) is 2.69. The van der Waals surface area contributed by atoms with E-state index in [1.165, 1.54) is 25.7 Å². The molecule has 0 amide bonds. The molecular weight excluding hydrogens is 112 g/mol. The predicted octanol–water partition coefficient (Wildman–Crippen LogP) is 1.97. The summed E-state index contributed by atoms with van der Waals surface area (Å²) < 4.78 is 0. The zero-order chi connectivity index (χ0) is 5.90. The molecule has 2 saturated carbocycles. The van der Waals surface area contributed by atoms with E-state index in [1.807, 2.05) is 0 Å². The van der Waals surface area contributed by atoms with Crippen LogP contribution in [0.25, 0.3) is 0 Å². The molecule has 2 nitrogen and oxygen atoms in total. The SMILES string of the molecule is C1CC1C1(C2CC2)N=N1. The van der Waals surface area contributed by atoms with E-state index in [-0.39, 0.29) is 5.66 Å². The van der Waals surface area contributed by atoms with Crippen LogP contribution in [0.4, 0.5) is 0 Å². The van der Waals surface area contributed by atoms with Crippen molar-refractivity contribution in [2.24, 2.45) is 22.1 Å². The van der Waals surface area contributed by atoms with Gasteiger partial charge in [0.15, 0.2) is 5.66 Å². The zero-order valence-corrected chi connectivity index (χ0v) is 5.38. The third kappa shape index (κ3) is 0.467. The van der Waals surface area contributed by atoms with Crippen LogP contribution in [0.3, 0.4) is 0 Å². The fourth-order valence-corrected chi connectivity index (χ4v) is 1.73. The van der Waals surface area contributed by atoms with Crippen LogP contribution in [-0.2, 0) is 0 Å². The molecule has 1 aliphatic heterocycles. The summed E-state index contributed by atoms with van der Waals surface area (Å²) in [4.78, 5) is 0. The maximum absolute atomic E-state index is 4.18. The molecule has 2 fully saturated rings. The molecule has 0 N–H and O–H groups in total. The zero-order valence-electron chi connectivity index (χ0n) is 5.38. The maximum atomic E-state index is 4.18. The molecule has 48 valence electrons. The van der Waals surface area contributed by atoms with Crippen LogP contribution in [0.5, 0.6) is 0 Å². The quantitative estimate of drug-likeness (QED) is 0.535. The van der Waals surface area contributed by atoms with Crippen LogP contribution < -0.4 is 0 Å². The topological polar surface area (TPSA) is 24.7 Å². The lowest BCUT2D eigenvalue weighted by Crippen LogP contribution is -2.15. The molecule has 0 saturated heterocycles. The molecule has 2 heteroatoms. The molecule has 3 rings (SSSR count). The summed E-state index contributed by atoms with van der Waals surface area (Å²) in [5.74, 6) is 1.76. The molecule has 0 radical (unpaired) electrons. The summed E-state index contributed by atoms with van der Waals surface area (Å²) in [5.41, 5.74) is 0.222. The van der Waals surface area contributed by atoms with E-state index in [0.717, 1.165) is 11.8 Å². The van der Waals surface area contributed by atoms with Gasteiger partial charge in [0.05, 0.1) is 0 Å². The van der Waals surface area contributed by atoms with Gasteiger partial charge in [-0.15, -0.1) is 0 Å². The Morgan fingerprint density at radius 3 is 1.56 bits per heavy atom. The van der Waals surface area contributed by atoms with Crippen LogP contribution in [0, 0.1) is 11.8 Å². The molecule has 0 aromatic heterocycles. The van der Waals surface area contributed by atoms with Crippen molar-refractivity contribution in [2.75, 3.05) is 0 Å². The molecular formula is C7H10N2. The Bertz CT molecular complexity index is 157. The van der Waals surface area contributed by atoms with Gasteiger partial charge in [-0.25, -0.2) is 0 Å². The third-order valence-corrected chi connectivity index (χ3v) is 2.69. The molecule has 0 aromatic carbocycles. The molecule has 3 aliphatic rings. The van der Waals surface area contributed by atoms with Gasteiger partial charge in [0.2, 0.25) is 0 Å². The van der Waals surface area contributed by atoms with Gasteiger partial charge in [-0.3, -0.25) is 0 Å². The highest BCUT2D eigenvalue weighted by atomic mass is 15.5. The molecule has 0 atom stereocenters. The monoisotopic (exact) mass is 122 g/mol. The van der Waals surface area contributed by atoms with Gasteiger partial charge in [-0.05, 0) is 25.7 Å². The van der Waals surface area contributed by atoms with Crippen molar-refractivity contribution >= 4 is 0 Å². The van der Waals surface area contributed by atoms with Gasteiger partial charge in [0.25, 0.3) is 0 Å². The van der Waals surface area contributed by atoms with E-state index in [4.69, 9.17) is 0 Å². The average Bonchev–Trinajstić information content (AvgIpc) is 2.67. The van der Waals surface area contributed by atoms with Crippen molar-refractivity contribution in [1.82, 2.24) is 0 Å². The Labute approximate surface area is 54.4 Å². The fraction of sp³-hybridized carbons (Fsp3) is 1.00. The second-order valence-electron chi connectivity index (χ2n) is 3.53. The minimum atomic E-state index is 0.222. The smallest absolute Gasteiger partial charge is 0.158 e. The first kappa shape index (κ1) is 4.42.